The summed E-state index contributed by atoms with van der Waals surface area (Å²) in [6, 6.07) is 12.3. The molecule has 5 rings (SSSR count). The lowest BCUT2D eigenvalue weighted by Crippen LogP contribution is -2.36. The van der Waals surface area contributed by atoms with Crippen molar-refractivity contribution in [3.05, 3.63) is 72.4 Å². The van der Waals surface area contributed by atoms with Crippen molar-refractivity contribution in [2.75, 3.05) is 12.3 Å². The maximum Gasteiger partial charge on any atom is 0.214 e. The normalized spacial score (nSPS) is 19.5. The molecule has 33 heavy (non-hydrogen) atoms. The van der Waals surface area contributed by atoms with Crippen molar-refractivity contribution in [1.29, 1.82) is 0 Å². The molecule has 9 heteroatoms. The van der Waals surface area contributed by atoms with Crippen molar-refractivity contribution in [2.24, 2.45) is 5.92 Å². The van der Waals surface area contributed by atoms with Crippen LogP contribution in [0.3, 0.4) is 0 Å². The highest BCUT2D eigenvalue weighted by molar-refractivity contribution is 7.89. The molecule has 0 radical (unpaired) electrons. The molecule has 1 fully saturated rings. The molecule has 0 amide bonds. The lowest BCUT2D eigenvalue weighted by atomic mass is 10.1. The molecule has 1 aromatic carbocycles. The van der Waals surface area contributed by atoms with E-state index in [2.05, 4.69) is 14.8 Å². The van der Waals surface area contributed by atoms with Gasteiger partial charge in [0.05, 0.1) is 28.7 Å². The third-order valence-electron chi connectivity index (χ3n) is 6.42. The highest BCUT2D eigenvalue weighted by atomic mass is 32.2. The Bertz CT molecular complexity index is 1370. The van der Waals surface area contributed by atoms with E-state index in [0.717, 1.165) is 35.3 Å². The quantitative estimate of drug-likeness (QED) is 0.448. The van der Waals surface area contributed by atoms with Crippen LogP contribution in [0.15, 0.2) is 61.1 Å². The predicted octanol–water partition coefficient (Wildman–Crippen LogP) is 3.85. The topological polar surface area (TPSA) is 83.9 Å². The number of aromatic amines is 1. The molecule has 4 aromatic rings. The van der Waals surface area contributed by atoms with Gasteiger partial charge in [0.25, 0.3) is 0 Å². The molecule has 0 saturated carbocycles. The third kappa shape index (κ3) is 4.43. The summed E-state index contributed by atoms with van der Waals surface area (Å²) in [4.78, 5) is 4.72. The number of hydrogen-bond acceptors (Lipinski definition) is 4. The average molecular weight is 468 g/mol. The fraction of sp³-hybridized carbons (Fsp3) is 0.333. The van der Waals surface area contributed by atoms with Crippen LogP contribution in [0.5, 0.6) is 0 Å². The molecule has 0 bridgehead atoms. The van der Waals surface area contributed by atoms with Gasteiger partial charge < -0.3 is 4.57 Å². The molecule has 4 heterocycles. The predicted molar refractivity (Wildman–Crippen MR) is 125 cm³/mol. The van der Waals surface area contributed by atoms with Gasteiger partial charge in [-0.1, -0.05) is 18.2 Å². The number of H-pyrrole nitrogens is 1. The number of aromatic nitrogens is 4. The summed E-state index contributed by atoms with van der Waals surface area (Å²) in [5.74, 6) is -0.241. The largest absolute Gasteiger partial charge is 0.346 e. The standard InChI is InChI=1S/C24H26FN5O2S/c1-17-12-18(16-30(17)33(31,32)11-9-19-4-2-3-5-21(19)25)15-29-10-8-23-24(29)7-6-22(28-23)20-13-26-27-14-20/h2-8,10,13-14,17-18H,9,11-12,15-16H2,1H3,(H,26,27)/t17-,18?/m1/s1. The van der Waals surface area contributed by atoms with E-state index < -0.39 is 10.0 Å². The Morgan fingerprint density at radius 3 is 2.82 bits per heavy atom. The Morgan fingerprint density at radius 1 is 1.18 bits per heavy atom. The number of rotatable bonds is 7. The maximum atomic E-state index is 13.9. The Morgan fingerprint density at radius 2 is 2.03 bits per heavy atom. The first kappa shape index (κ1) is 21.8. The van der Waals surface area contributed by atoms with Crippen LogP contribution in [0.25, 0.3) is 22.3 Å². The first-order chi connectivity index (χ1) is 15.9. The molecule has 7 nitrogen and oxygen atoms in total. The second-order valence-corrected chi connectivity index (χ2v) is 10.8. The average Bonchev–Trinajstić information content (AvgIpc) is 3.54. The highest BCUT2D eigenvalue weighted by Crippen LogP contribution is 2.29. The van der Waals surface area contributed by atoms with Crippen molar-refractivity contribution in [1.82, 2.24) is 24.1 Å². The van der Waals surface area contributed by atoms with E-state index in [4.69, 9.17) is 4.98 Å². The summed E-state index contributed by atoms with van der Waals surface area (Å²) in [6.45, 7) is 3.15. The second kappa shape index (κ2) is 8.72. The van der Waals surface area contributed by atoms with Crippen LogP contribution >= 0.6 is 0 Å². The molecule has 3 aromatic heterocycles. The Labute approximate surface area is 192 Å². The number of nitrogens with zero attached hydrogens (tertiary/aromatic N) is 4. The highest BCUT2D eigenvalue weighted by Gasteiger charge is 2.37. The molecule has 1 unspecified atom stereocenters. The summed E-state index contributed by atoms with van der Waals surface area (Å²) in [5.41, 5.74) is 4.15. The van der Waals surface area contributed by atoms with Crippen LogP contribution in [0.1, 0.15) is 18.9 Å². The molecule has 0 spiro atoms. The summed E-state index contributed by atoms with van der Waals surface area (Å²) < 4.78 is 43.7. The Balaban J connectivity index is 1.27. The molecule has 0 aliphatic carbocycles. The molecule has 1 aliphatic heterocycles. The first-order valence-corrected chi connectivity index (χ1v) is 12.7. The van der Waals surface area contributed by atoms with Crippen LogP contribution < -0.4 is 0 Å². The molecule has 1 saturated heterocycles. The van der Waals surface area contributed by atoms with E-state index in [1.54, 1.807) is 28.7 Å². The zero-order valence-electron chi connectivity index (χ0n) is 18.4. The van der Waals surface area contributed by atoms with Crippen LogP contribution in [0.2, 0.25) is 0 Å². The number of aryl methyl sites for hydroxylation is 1. The van der Waals surface area contributed by atoms with Crippen molar-refractivity contribution in [2.45, 2.75) is 32.4 Å². The van der Waals surface area contributed by atoms with Gasteiger partial charge in [-0.2, -0.15) is 9.40 Å². The Kier molecular flexibility index (Phi) is 5.76. The summed E-state index contributed by atoms with van der Waals surface area (Å²) >= 11 is 0. The van der Waals surface area contributed by atoms with E-state index in [1.807, 2.05) is 37.5 Å². The second-order valence-electron chi connectivity index (χ2n) is 8.73. The number of nitrogens with one attached hydrogen (secondary N) is 1. The first-order valence-electron chi connectivity index (χ1n) is 11.1. The van der Waals surface area contributed by atoms with Crippen LogP contribution in [0, 0.1) is 11.7 Å². The van der Waals surface area contributed by atoms with E-state index in [-0.39, 0.29) is 30.0 Å². The number of halogens is 1. The zero-order valence-corrected chi connectivity index (χ0v) is 19.2. The van der Waals surface area contributed by atoms with Crippen LogP contribution in [-0.4, -0.2) is 50.8 Å². The van der Waals surface area contributed by atoms with Gasteiger partial charge in [-0.15, -0.1) is 0 Å². The molecular weight excluding hydrogens is 441 g/mol. The van der Waals surface area contributed by atoms with Gasteiger partial charge >= 0.3 is 0 Å². The number of benzene rings is 1. The minimum absolute atomic E-state index is 0.0757. The minimum Gasteiger partial charge on any atom is -0.346 e. The van der Waals surface area contributed by atoms with E-state index >= 15 is 0 Å². The smallest absolute Gasteiger partial charge is 0.214 e. The van der Waals surface area contributed by atoms with Gasteiger partial charge in [0.2, 0.25) is 10.0 Å². The van der Waals surface area contributed by atoms with Gasteiger partial charge in [0, 0.05) is 37.1 Å². The number of pyridine rings is 1. The maximum absolute atomic E-state index is 13.9. The Hall–Kier alpha value is -3.04. The zero-order chi connectivity index (χ0) is 23.0. The summed E-state index contributed by atoms with van der Waals surface area (Å²) in [6.07, 6.45) is 6.53. The molecule has 1 aliphatic rings. The minimum atomic E-state index is -3.47. The third-order valence-corrected chi connectivity index (χ3v) is 8.37. The van der Waals surface area contributed by atoms with Crippen LogP contribution in [0.4, 0.5) is 4.39 Å². The van der Waals surface area contributed by atoms with Gasteiger partial charge in [-0.25, -0.2) is 17.8 Å². The SMILES string of the molecule is C[C@@H]1CC(Cn2ccc3nc(-c4cn[nH]c4)ccc32)CN1S(=O)(=O)CCc1ccccc1F. The van der Waals surface area contributed by atoms with Crippen molar-refractivity contribution in [3.63, 3.8) is 0 Å². The lowest BCUT2D eigenvalue weighted by molar-refractivity contribution is 0.399. The van der Waals surface area contributed by atoms with Gasteiger partial charge in [-0.05, 0) is 55.5 Å². The van der Waals surface area contributed by atoms with Crippen molar-refractivity contribution in [3.8, 4) is 11.3 Å². The fourth-order valence-electron chi connectivity index (χ4n) is 4.75. The summed E-state index contributed by atoms with van der Waals surface area (Å²) in [5, 5.41) is 6.78. The summed E-state index contributed by atoms with van der Waals surface area (Å²) in [7, 11) is -3.47. The van der Waals surface area contributed by atoms with E-state index in [0.29, 0.717) is 12.1 Å². The molecular formula is C24H26FN5O2S. The van der Waals surface area contributed by atoms with Crippen molar-refractivity contribution < 1.29 is 12.8 Å². The number of fused-ring (bicyclic) bond motifs is 1. The number of sulfonamides is 1. The van der Waals surface area contributed by atoms with Gasteiger partial charge in [-0.3, -0.25) is 5.10 Å². The monoisotopic (exact) mass is 467 g/mol. The molecule has 172 valence electrons. The fourth-order valence-corrected chi connectivity index (χ4v) is 6.53. The lowest BCUT2D eigenvalue weighted by Gasteiger charge is -2.21. The molecule has 1 N–H and O–H groups in total. The van der Waals surface area contributed by atoms with Crippen molar-refractivity contribution >= 4 is 21.1 Å². The van der Waals surface area contributed by atoms with Crippen LogP contribution in [-0.2, 0) is 23.0 Å². The van der Waals surface area contributed by atoms with E-state index in [9.17, 15) is 12.8 Å². The number of hydrogen-bond donors (Lipinski definition) is 1. The molecule has 2 atom stereocenters. The van der Waals surface area contributed by atoms with Gasteiger partial charge in [0.15, 0.2) is 0 Å². The van der Waals surface area contributed by atoms with E-state index in [1.165, 1.54) is 6.07 Å². The van der Waals surface area contributed by atoms with Gasteiger partial charge in [0.1, 0.15) is 5.82 Å².